The lowest BCUT2D eigenvalue weighted by Crippen LogP contribution is -2.27. The minimum absolute atomic E-state index is 0.0363. The van der Waals surface area contributed by atoms with E-state index < -0.39 is 10.8 Å². The van der Waals surface area contributed by atoms with Gasteiger partial charge in [0.05, 0.1) is 22.4 Å². The molecule has 0 unspecified atom stereocenters. The Morgan fingerprint density at radius 1 is 1.26 bits per heavy atom. The fourth-order valence-corrected chi connectivity index (χ4v) is 1.95. The lowest BCUT2D eigenvalue weighted by Gasteiger charge is -2.09. The van der Waals surface area contributed by atoms with Crippen molar-refractivity contribution < 1.29 is 18.9 Å². The predicted octanol–water partition coefficient (Wildman–Crippen LogP) is 2.25. The Morgan fingerprint density at radius 2 is 2.04 bits per heavy atom. The van der Waals surface area contributed by atoms with Crippen LogP contribution in [0.4, 0.5) is 11.4 Å². The van der Waals surface area contributed by atoms with E-state index in [1.54, 1.807) is 19.1 Å². The second-order valence-corrected chi connectivity index (χ2v) is 4.74. The largest absolute Gasteiger partial charge is 0.459 e. The molecule has 2 amide bonds. The minimum atomic E-state index is -0.505. The first-order valence-corrected chi connectivity index (χ1v) is 6.84. The highest BCUT2D eigenvalue weighted by Crippen LogP contribution is 2.24. The fourth-order valence-electron chi connectivity index (χ4n) is 1.95. The molecule has 1 heterocycles. The highest BCUT2D eigenvalue weighted by Gasteiger charge is 2.15. The summed E-state index contributed by atoms with van der Waals surface area (Å²) >= 11 is 0. The summed E-state index contributed by atoms with van der Waals surface area (Å²) in [7, 11) is 0. The molecule has 0 radical (unpaired) electrons. The Morgan fingerprint density at radius 3 is 2.70 bits per heavy atom. The van der Waals surface area contributed by atoms with Gasteiger partial charge in [-0.05, 0) is 25.1 Å². The van der Waals surface area contributed by atoms with E-state index in [-0.39, 0.29) is 30.3 Å². The molecular formula is C15H15N3O5. The number of anilines is 1. The molecule has 0 aliphatic carbocycles. The Hall–Kier alpha value is -3.16. The van der Waals surface area contributed by atoms with Crippen molar-refractivity contribution in [2.45, 2.75) is 13.3 Å². The van der Waals surface area contributed by atoms with Gasteiger partial charge in [0.25, 0.3) is 11.6 Å². The van der Waals surface area contributed by atoms with Gasteiger partial charge in [-0.25, -0.2) is 0 Å². The number of hydrogen-bond donors (Lipinski definition) is 2. The Bertz CT molecular complexity index is 725. The highest BCUT2D eigenvalue weighted by atomic mass is 16.6. The van der Waals surface area contributed by atoms with E-state index in [1.165, 1.54) is 24.5 Å². The van der Waals surface area contributed by atoms with Gasteiger partial charge in [-0.15, -0.1) is 0 Å². The van der Waals surface area contributed by atoms with Gasteiger partial charge in [0.1, 0.15) is 0 Å². The summed E-state index contributed by atoms with van der Waals surface area (Å²) in [5, 5.41) is 16.0. The lowest BCUT2D eigenvalue weighted by atomic mass is 10.1. The summed E-state index contributed by atoms with van der Waals surface area (Å²) < 4.78 is 4.92. The lowest BCUT2D eigenvalue weighted by molar-refractivity contribution is -0.385. The molecule has 8 heteroatoms. The molecule has 23 heavy (non-hydrogen) atoms. The zero-order chi connectivity index (χ0) is 16.8. The predicted molar refractivity (Wildman–Crippen MR) is 82.1 cm³/mol. The number of nitrogens with zero attached hydrogens (tertiary/aromatic N) is 1. The summed E-state index contributed by atoms with van der Waals surface area (Å²) in [6, 6.07) is 7.56. The number of nitrogens with one attached hydrogen (secondary N) is 2. The summed E-state index contributed by atoms with van der Waals surface area (Å²) in [6.45, 7) is 1.69. The molecule has 0 saturated heterocycles. The SMILES string of the molecule is Cc1c(NC(=O)CCNC(=O)c2ccco2)cccc1[N+](=O)[O-]. The second-order valence-electron chi connectivity index (χ2n) is 4.74. The molecule has 2 rings (SSSR count). The van der Waals surface area contributed by atoms with Crippen LogP contribution in [0.3, 0.4) is 0 Å². The third-order valence-corrected chi connectivity index (χ3v) is 3.16. The number of carbonyl (C=O) groups is 2. The van der Waals surface area contributed by atoms with Gasteiger partial charge < -0.3 is 15.1 Å². The molecule has 2 N–H and O–H groups in total. The maximum absolute atomic E-state index is 11.9. The smallest absolute Gasteiger partial charge is 0.286 e. The van der Waals surface area contributed by atoms with Crippen LogP contribution in [0.15, 0.2) is 41.0 Å². The maximum Gasteiger partial charge on any atom is 0.286 e. The number of hydrogen-bond acceptors (Lipinski definition) is 5. The van der Waals surface area contributed by atoms with Crippen LogP contribution in [0, 0.1) is 17.0 Å². The first-order valence-electron chi connectivity index (χ1n) is 6.84. The Labute approximate surface area is 131 Å². The number of amides is 2. The number of furan rings is 1. The molecule has 1 aromatic carbocycles. The zero-order valence-corrected chi connectivity index (χ0v) is 12.4. The van der Waals surface area contributed by atoms with Gasteiger partial charge in [-0.2, -0.15) is 0 Å². The van der Waals surface area contributed by atoms with Gasteiger partial charge in [-0.3, -0.25) is 19.7 Å². The van der Waals surface area contributed by atoms with Crippen molar-refractivity contribution in [3.05, 3.63) is 58.0 Å². The molecule has 0 spiro atoms. The number of benzene rings is 1. The van der Waals surface area contributed by atoms with Gasteiger partial charge >= 0.3 is 0 Å². The quantitative estimate of drug-likeness (QED) is 0.626. The van der Waals surface area contributed by atoms with Gasteiger partial charge in [0.2, 0.25) is 5.91 Å². The first kappa shape index (κ1) is 16.2. The zero-order valence-electron chi connectivity index (χ0n) is 12.4. The van der Waals surface area contributed by atoms with Crippen LogP contribution in [0.5, 0.6) is 0 Å². The molecule has 0 fully saturated rings. The molecular weight excluding hydrogens is 302 g/mol. The van der Waals surface area contributed by atoms with E-state index >= 15 is 0 Å². The molecule has 8 nitrogen and oxygen atoms in total. The average Bonchev–Trinajstić information content (AvgIpc) is 3.03. The summed E-state index contributed by atoms with van der Waals surface area (Å²) in [5.74, 6) is -0.595. The third-order valence-electron chi connectivity index (χ3n) is 3.16. The summed E-state index contributed by atoms with van der Waals surface area (Å²) in [5.41, 5.74) is 0.695. The van der Waals surface area contributed by atoms with Crippen molar-refractivity contribution in [3.63, 3.8) is 0 Å². The van der Waals surface area contributed by atoms with E-state index in [0.717, 1.165) is 0 Å². The van der Waals surface area contributed by atoms with Gasteiger partial charge in [0, 0.05) is 19.0 Å². The normalized spacial score (nSPS) is 10.1. The first-order chi connectivity index (χ1) is 11.0. The van der Waals surface area contributed by atoms with Crippen LogP contribution in [-0.4, -0.2) is 23.3 Å². The number of nitro groups is 1. The van der Waals surface area contributed by atoms with Crippen molar-refractivity contribution in [3.8, 4) is 0 Å². The van der Waals surface area contributed by atoms with Crippen LogP contribution >= 0.6 is 0 Å². The molecule has 0 saturated carbocycles. The van der Waals surface area contributed by atoms with E-state index in [9.17, 15) is 19.7 Å². The van der Waals surface area contributed by atoms with E-state index in [1.807, 2.05) is 0 Å². The van der Waals surface area contributed by atoms with Crippen LogP contribution in [0.2, 0.25) is 0 Å². The van der Waals surface area contributed by atoms with Crippen molar-refractivity contribution in [2.75, 3.05) is 11.9 Å². The van der Waals surface area contributed by atoms with Crippen molar-refractivity contribution >= 4 is 23.2 Å². The fraction of sp³-hybridized carbons (Fsp3) is 0.200. The Balaban J connectivity index is 1.87. The average molecular weight is 317 g/mol. The molecule has 0 aliphatic rings. The molecule has 1 aromatic heterocycles. The van der Waals surface area contributed by atoms with Crippen molar-refractivity contribution in [1.82, 2.24) is 5.32 Å². The van der Waals surface area contributed by atoms with E-state index in [2.05, 4.69) is 10.6 Å². The standard InChI is InChI=1S/C15H15N3O5/c1-10-11(4-2-5-12(10)18(21)22)17-14(19)7-8-16-15(20)13-6-3-9-23-13/h2-6,9H,7-8H2,1H3,(H,16,20)(H,17,19). The second kappa shape index (κ2) is 7.21. The molecule has 0 aliphatic heterocycles. The van der Waals surface area contributed by atoms with E-state index in [4.69, 9.17) is 4.42 Å². The molecule has 2 aromatic rings. The molecule has 0 bridgehead atoms. The topological polar surface area (TPSA) is 114 Å². The highest BCUT2D eigenvalue weighted by molar-refractivity contribution is 5.94. The van der Waals surface area contributed by atoms with Crippen molar-refractivity contribution in [1.29, 1.82) is 0 Å². The molecule has 120 valence electrons. The summed E-state index contributed by atoms with van der Waals surface area (Å²) in [4.78, 5) is 33.8. The number of rotatable bonds is 6. The Kier molecular flexibility index (Phi) is 5.08. The molecule has 0 atom stereocenters. The van der Waals surface area contributed by atoms with Crippen LogP contribution in [0.1, 0.15) is 22.5 Å². The van der Waals surface area contributed by atoms with Crippen LogP contribution < -0.4 is 10.6 Å². The van der Waals surface area contributed by atoms with Crippen molar-refractivity contribution in [2.24, 2.45) is 0 Å². The minimum Gasteiger partial charge on any atom is -0.459 e. The van der Waals surface area contributed by atoms with Gasteiger partial charge in [0.15, 0.2) is 5.76 Å². The van der Waals surface area contributed by atoms with E-state index in [0.29, 0.717) is 11.3 Å². The monoisotopic (exact) mass is 317 g/mol. The van der Waals surface area contributed by atoms with Crippen LogP contribution in [0.25, 0.3) is 0 Å². The number of nitro benzene ring substituents is 1. The van der Waals surface area contributed by atoms with Crippen LogP contribution in [-0.2, 0) is 4.79 Å². The number of carbonyl (C=O) groups excluding carboxylic acids is 2. The third kappa shape index (κ3) is 4.16. The van der Waals surface area contributed by atoms with Gasteiger partial charge in [-0.1, -0.05) is 6.07 Å². The maximum atomic E-state index is 11.9. The summed E-state index contributed by atoms with van der Waals surface area (Å²) in [6.07, 6.45) is 1.42.